The monoisotopic (exact) mass is 751 g/mol. The zero-order valence-electron chi connectivity index (χ0n) is 33.9. The Balaban J connectivity index is 1.08. The Hall–Kier alpha value is -6.19. The Bertz CT molecular complexity index is 2700. The Morgan fingerprint density at radius 2 is 1.22 bits per heavy atom. The van der Waals surface area contributed by atoms with Gasteiger partial charge in [-0.25, -0.2) is 15.0 Å². The summed E-state index contributed by atoms with van der Waals surface area (Å²) in [7, 11) is 0. The lowest BCUT2D eigenvalue weighted by atomic mass is 9.59. The van der Waals surface area contributed by atoms with Gasteiger partial charge in [0, 0.05) is 22.0 Å². The maximum Gasteiger partial charge on any atom is 0.163 e. The normalized spacial score (nSPS) is 25.7. The molecule has 0 radical (unpaired) electrons. The molecule has 0 fully saturated rings. The fraction of sp³-hybridized carbons (Fsp3) is 0.218. The molecule has 10 rings (SSSR count). The van der Waals surface area contributed by atoms with Gasteiger partial charge in [-0.15, -0.1) is 0 Å². The van der Waals surface area contributed by atoms with Crippen LogP contribution in [0, 0.1) is 16.7 Å². The molecule has 3 nitrogen and oxygen atoms in total. The highest BCUT2D eigenvalue weighted by Gasteiger charge is 2.42. The van der Waals surface area contributed by atoms with E-state index in [0.29, 0.717) is 17.6 Å². The van der Waals surface area contributed by atoms with E-state index in [1.165, 1.54) is 55.7 Å². The smallest absolute Gasteiger partial charge is 0.163 e. The van der Waals surface area contributed by atoms with Crippen LogP contribution in [0.1, 0.15) is 75.9 Å². The van der Waals surface area contributed by atoms with Gasteiger partial charge in [-0.05, 0) is 99.6 Å². The number of nitrogens with zero attached hydrogens (tertiary/aromatic N) is 3. The predicted octanol–water partition coefficient (Wildman–Crippen LogP) is 13.8. The third-order valence-corrected chi connectivity index (χ3v) is 13.3. The van der Waals surface area contributed by atoms with Gasteiger partial charge in [-0.3, -0.25) is 0 Å². The average Bonchev–Trinajstić information content (AvgIpc) is 3.26. The highest BCUT2D eigenvalue weighted by molar-refractivity contribution is 5.92. The minimum absolute atomic E-state index is 0.00750. The van der Waals surface area contributed by atoms with Crippen molar-refractivity contribution in [1.82, 2.24) is 15.0 Å². The number of benzene rings is 4. The van der Waals surface area contributed by atoms with Crippen LogP contribution in [0.4, 0.5) is 0 Å². The van der Waals surface area contributed by atoms with Crippen molar-refractivity contribution < 1.29 is 0 Å². The summed E-state index contributed by atoms with van der Waals surface area (Å²) in [4.78, 5) is 15.5. The molecule has 5 aliphatic carbocycles. The second kappa shape index (κ2) is 14.0. The van der Waals surface area contributed by atoms with E-state index in [4.69, 9.17) is 15.0 Å². The molecule has 4 aromatic carbocycles. The average molecular weight is 752 g/mol. The molecule has 4 atom stereocenters. The lowest BCUT2D eigenvalue weighted by Crippen LogP contribution is -2.31. The molecule has 0 N–H and O–H groups in total. The molecular weight excluding hydrogens is 703 g/mol. The van der Waals surface area contributed by atoms with Crippen LogP contribution in [-0.2, 0) is 5.41 Å². The molecular formula is C55H49N3. The SMILES string of the molecule is CC1CC2(C)CC=CC=C2C(c2ccc(-c3nc(-c4ccc(-c5ccccc5)cc4)nc(C4(C)C=CC=CC4)n3)cc2)=C1C1=CCC2(C)C=Cc3ccccc3C2=C1. The second-order valence-corrected chi connectivity index (χ2v) is 17.7. The first-order valence-corrected chi connectivity index (χ1v) is 20.9. The summed E-state index contributed by atoms with van der Waals surface area (Å²) in [6, 6.07) is 37.0. The van der Waals surface area contributed by atoms with Crippen molar-refractivity contribution in [3.05, 3.63) is 203 Å². The quantitative estimate of drug-likeness (QED) is 0.173. The second-order valence-electron chi connectivity index (χ2n) is 17.7. The van der Waals surface area contributed by atoms with Gasteiger partial charge in [-0.2, -0.15) is 0 Å². The number of aromatic nitrogens is 3. The van der Waals surface area contributed by atoms with Crippen LogP contribution in [0.2, 0.25) is 0 Å². The molecule has 0 saturated carbocycles. The van der Waals surface area contributed by atoms with Crippen LogP contribution in [0.15, 0.2) is 181 Å². The van der Waals surface area contributed by atoms with Crippen molar-refractivity contribution in [2.24, 2.45) is 16.7 Å². The van der Waals surface area contributed by atoms with E-state index in [1.807, 2.05) is 0 Å². The van der Waals surface area contributed by atoms with Gasteiger partial charge < -0.3 is 0 Å². The van der Waals surface area contributed by atoms with E-state index in [9.17, 15) is 0 Å². The number of rotatable bonds is 6. The molecule has 58 heavy (non-hydrogen) atoms. The predicted molar refractivity (Wildman–Crippen MR) is 241 cm³/mol. The van der Waals surface area contributed by atoms with E-state index < -0.39 is 0 Å². The van der Waals surface area contributed by atoms with Gasteiger partial charge in [0.25, 0.3) is 0 Å². The van der Waals surface area contributed by atoms with Gasteiger partial charge in [0.2, 0.25) is 0 Å². The van der Waals surface area contributed by atoms with Gasteiger partial charge in [0.15, 0.2) is 11.6 Å². The topological polar surface area (TPSA) is 38.7 Å². The summed E-state index contributed by atoms with van der Waals surface area (Å²) < 4.78 is 0. The van der Waals surface area contributed by atoms with Gasteiger partial charge in [0.1, 0.15) is 5.82 Å². The van der Waals surface area contributed by atoms with Gasteiger partial charge in [0.05, 0.1) is 0 Å². The maximum absolute atomic E-state index is 5.21. The van der Waals surface area contributed by atoms with Crippen molar-refractivity contribution >= 4 is 17.2 Å². The Kier molecular flexibility index (Phi) is 8.75. The molecule has 1 heterocycles. The minimum Gasteiger partial charge on any atom is -0.212 e. The first-order valence-electron chi connectivity index (χ1n) is 20.9. The van der Waals surface area contributed by atoms with Gasteiger partial charge in [-0.1, -0.05) is 191 Å². The first-order chi connectivity index (χ1) is 28.2. The third kappa shape index (κ3) is 6.25. The third-order valence-electron chi connectivity index (χ3n) is 13.3. The van der Waals surface area contributed by atoms with Crippen molar-refractivity contribution in [3.8, 4) is 33.9 Å². The lowest BCUT2D eigenvalue weighted by molar-refractivity contribution is 0.320. The molecule has 0 saturated heterocycles. The van der Waals surface area contributed by atoms with Crippen molar-refractivity contribution in [1.29, 1.82) is 0 Å². The Morgan fingerprint density at radius 3 is 1.95 bits per heavy atom. The molecule has 3 heteroatoms. The molecule has 5 aromatic rings. The number of fused-ring (bicyclic) bond motifs is 4. The van der Waals surface area contributed by atoms with Gasteiger partial charge >= 0.3 is 0 Å². The zero-order chi connectivity index (χ0) is 39.5. The van der Waals surface area contributed by atoms with Crippen LogP contribution >= 0.6 is 0 Å². The fourth-order valence-electron chi connectivity index (χ4n) is 10.0. The van der Waals surface area contributed by atoms with Crippen LogP contribution in [0.5, 0.6) is 0 Å². The molecule has 0 spiro atoms. The Morgan fingerprint density at radius 1 is 0.569 bits per heavy atom. The summed E-state index contributed by atoms with van der Waals surface area (Å²) in [5, 5.41) is 0. The molecule has 0 bridgehead atoms. The summed E-state index contributed by atoms with van der Waals surface area (Å²) in [5.41, 5.74) is 15.0. The lowest BCUT2D eigenvalue weighted by Gasteiger charge is -2.45. The van der Waals surface area contributed by atoms with Crippen LogP contribution < -0.4 is 0 Å². The minimum atomic E-state index is -0.332. The standard InChI is InChI=1S/C55H49N3/c1-37-36-55(4)32-14-11-19-46(55)49(48(37)44-29-34-53(2)33-28-40-17-9-10-18-45(40)47(53)35-44)41-22-26-43(27-23-41)51-56-50(57-52(58-51)54(3)30-12-6-13-31-54)42-24-20-39(21-25-42)38-15-7-5-8-16-38/h5-30,33,35,37H,31-32,34,36H2,1-4H3. The maximum atomic E-state index is 5.21. The van der Waals surface area contributed by atoms with Crippen LogP contribution in [-0.4, -0.2) is 15.0 Å². The molecule has 1 aromatic heterocycles. The summed E-state index contributed by atoms with van der Waals surface area (Å²) in [5.74, 6) is 2.57. The van der Waals surface area contributed by atoms with Crippen molar-refractivity contribution in [2.75, 3.05) is 0 Å². The Labute approximate surface area is 343 Å². The molecule has 0 aliphatic heterocycles. The molecule has 284 valence electrons. The fourth-order valence-corrected chi connectivity index (χ4v) is 10.0. The van der Waals surface area contributed by atoms with E-state index >= 15 is 0 Å². The molecule has 5 aliphatic rings. The van der Waals surface area contributed by atoms with Crippen molar-refractivity contribution in [2.45, 2.75) is 58.8 Å². The largest absolute Gasteiger partial charge is 0.212 e. The van der Waals surface area contributed by atoms with E-state index in [0.717, 1.165) is 42.6 Å². The highest BCUT2D eigenvalue weighted by Crippen LogP contribution is 2.57. The highest BCUT2D eigenvalue weighted by atomic mass is 15.0. The molecule has 0 amide bonds. The summed E-state index contributed by atoms with van der Waals surface area (Å²) in [6.45, 7) is 9.52. The van der Waals surface area contributed by atoms with E-state index in [1.54, 1.807) is 0 Å². The molecule has 4 unspecified atom stereocenters. The van der Waals surface area contributed by atoms with Crippen LogP contribution in [0.25, 0.3) is 51.1 Å². The number of allylic oxidation sites excluding steroid dienone is 15. The van der Waals surface area contributed by atoms with Crippen molar-refractivity contribution in [3.63, 3.8) is 0 Å². The van der Waals surface area contributed by atoms with Crippen LogP contribution in [0.3, 0.4) is 0 Å². The van der Waals surface area contributed by atoms with E-state index in [2.05, 4.69) is 198 Å². The summed E-state index contributed by atoms with van der Waals surface area (Å²) >= 11 is 0. The first kappa shape index (κ1) is 36.2. The number of hydrogen-bond acceptors (Lipinski definition) is 3. The number of hydrogen-bond donors (Lipinski definition) is 0. The zero-order valence-corrected chi connectivity index (χ0v) is 33.9. The van der Waals surface area contributed by atoms with E-state index in [-0.39, 0.29) is 16.2 Å². The summed E-state index contributed by atoms with van der Waals surface area (Å²) in [6.07, 6.45) is 29.4.